The third kappa shape index (κ3) is 6.39. The molecule has 0 bridgehead atoms. The highest BCUT2D eigenvalue weighted by atomic mass is 35.5. The van der Waals surface area contributed by atoms with E-state index >= 15 is 0 Å². The zero-order chi connectivity index (χ0) is 24.9. The maximum absolute atomic E-state index is 13.0. The Labute approximate surface area is 198 Å². The van der Waals surface area contributed by atoms with Crippen LogP contribution < -0.4 is 14.9 Å². The lowest BCUT2D eigenvalue weighted by molar-refractivity contribution is -0.385. The zero-order valence-electron chi connectivity index (χ0n) is 17.4. The van der Waals surface area contributed by atoms with Crippen molar-refractivity contribution < 1.29 is 26.9 Å². The van der Waals surface area contributed by atoms with Crippen molar-refractivity contribution in [2.75, 3.05) is 10.1 Å². The first-order valence-electron chi connectivity index (χ1n) is 9.47. The molecule has 13 heteroatoms. The third-order valence-electron chi connectivity index (χ3n) is 4.40. The fourth-order valence-electron chi connectivity index (χ4n) is 2.75. The number of alkyl halides is 2. The molecule has 0 saturated carbocycles. The molecule has 0 amide bonds. The van der Waals surface area contributed by atoms with Crippen LogP contribution in [0.1, 0.15) is 12.5 Å². The molecular formula is C21H17ClF2N4O5S. The van der Waals surface area contributed by atoms with E-state index in [1.807, 2.05) is 0 Å². The summed E-state index contributed by atoms with van der Waals surface area (Å²) in [6, 6.07) is 14.7. The van der Waals surface area contributed by atoms with E-state index in [-0.39, 0.29) is 17.1 Å². The number of hydrogen-bond acceptors (Lipinski definition) is 7. The molecular weight excluding hydrogens is 494 g/mol. The van der Waals surface area contributed by atoms with Crippen LogP contribution in [0.4, 0.5) is 25.8 Å². The number of anilines is 2. The Morgan fingerprint density at radius 3 is 2.32 bits per heavy atom. The molecule has 3 rings (SSSR count). The molecule has 34 heavy (non-hydrogen) atoms. The number of benzene rings is 3. The number of nitro benzene ring substituents is 1. The van der Waals surface area contributed by atoms with Crippen LogP contribution in [0.15, 0.2) is 76.7 Å². The van der Waals surface area contributed by atoms with Gasteiger partial charge in [0.2, 0.25) is 0 Å². The van der Waals surface area contributed by atoms with Gasteiger partial charge in [0.25, 0.3) is 15.7 Å². The number of non-ortho nitro benzene ring substituents is 1. The lowest BCUT2D eigenvalue weighted by Gasteiger charge is -2.13. The first-order valence-corrected chi connectivity index (χ1v) is 11.3. The predicted molar refractivity (Wildman–Crippen MR) is 124 cm³/mol. The molecule has 2 N–H and O–H groups in total. The molecule has 0 saturated heterocycles. The number of hydrazone groups is 1. The summed E-state index contributed by atoms with van der Waals surface area (Å²) in [7, 11) is -4.26. The number of nitro groups is 1. The Bertz CT molecular complexity index is 1320. The van der Waals surface area contributed by atoms with Crippen molar-refractivity contribution in [3.05, 3.63) is 87.4 Å². The van der Waals surface area contributed by atoms with Crippen molar-refractivity contribution in [1.29, 1.82) is 0 Å². The van der Waals surface area contributed by atoms with Gasteiger partial charge < -0.3 is 4.74 Å². The van der Waals surface area contributed by atoms with Gasteiger partial charge in [0.1, 0.15) is 10.6 Å². The maximum Gasteiger partial charge on any atom is 0.387 e. The summed E-state index contributed by atoms with van der Waals surface area (Å²) in [4.78, 5) is 10.1. The summed E-state index contributed by atoms with van der Waals surface area (Å²) < 4.78 is 57.2. The number of nitrogens with one attached hydrogen (secondary N) is 2. The Hall–Kier alpha value is -3.77. The van der Waals surface area contributed by atoms with E-state index in [0.717, 1.165) is 12.1 Å². The van der Waals surface area contributed by atoms with Gasteiger partial charge in [-0.2, -0.15) is 13.9 Å². The number of sulfonamides is 1. The van der Waals surface area contributed by atoms with Crippen LogP contribution in [0, 0.1) is 10.1 Å². The monoisotopic (exact) mass is 510 g/mol. The Balaban J connectivity index is 1.90. The summed E-state index contributed by atoms with van der Waals surface area (Å²) >= 11 is 5.82. The molecule has 0 aliphatic rings. The van der Waals surface area contributed by atoms with Gasteiger partial charge in [0.05, 0.1) is 16.3 Å². The molecule has 0 aliphatic carbocycles. The van der Waals surface area contributed by atoms with Gasteiger partial charge in [-0.3, -0.25) is 20.3 Å². The molecule has 0 aliphatic heterocycles. The molecule has 9 nitrogen and oxygen atoms in total. The van der Waals surface area contributed by atoms with Crippen molar-refractivity contribution >= 4 is 44.4 Å². The van der Waals surface area contributed by atoms with Crippen LogP contribution in [0.25, 0.3) is 0 Å². The molecule has 3 aromatic rings. The van der Waals surface area contributed by atoms with Crippen LogP contribution in [-0.4, -0.2) is 25.7 Å². The van der Waals surface area contributed by atoms with Gasteiger partial charge in [0, 0.05) is 22.8 Å². The van der Waals surface area contributed by atoms with Gasteiger partial charge in [-0.25, -0.2) is 8.42 Å². The van der Waals surface area contributed by atoms with Crippen molar-refractivity contribution in [2.24, 2.45) is 5.10 Å². The van der Waals surface area contributed by atoms with Gasteiger partial charge in [-0.15, -0.1) is 0 Å². The minimum absolute atomic E-state index is 0.0240. The summed E-state index contributed by atoms with van der Waals surface area (Å²) in [5.74, 6) is -0.0310. The topological polar surface area (TPSA) is 123 Å². The van der Waals surface area contributed by atoms with E-state index in [4.69, 9.17) is 11.6 Å². The second-order valence-corrected chi connectivity index (χ2v) is 8.85. The van der Waals surface area contributed by atoms with Crippen LogP contribution in [0.2, 0.25) is 5.02 Å². The second kappa shape index (κ2) is 10.4. The van der Waals surface area contributed by atoms with Crippen LogP contribution in [0.3, 0.4) is 0 Å². The first-order chi connectivity index (χ1) is 16.0. The third-order valence-corrected chi connectivity index (χ3v) is 6.08. The smallest absolute Gasteiger partial charge is 0.387 e. The SMILES string of the molecule is C/C(=N/Nc1ccc([N+](=O)[O-])cc1S(=O)(=O)Nc1ccc(Cl)cc1)c1ccc(OC(F)F)cc1. The van der Waals surface area contributed by atoms with E-state index in [1.54, 1.807) is 6.92 Å². The van der Waals surface area contributed by atoms with Crippen molar-refractivity contribution in [1.82, 2.24) is 0 Å². The van der Waals surface area contributed by atoms with E-state index in [1.165, 1.54) is 54.6 Å². The van der Waals surface area contributed by atoms with Crippen molar-refractivity contribution in [2.45, 2.75) is 18.4 Å². The van der Waals surface area contributed by atoms with Crippen molar-refractivity contribution in [3.63, 3.8) is 0 Å². The number of nitrogens with zero attached hydrogens (tertiary/aromatic N) is 2. The average Bonchev–Trinajstić information content (AvgIpc) is 2.78. The number of rotatable bonds is 9. The van der Waals surface area contributed by atoms with Crippen LogP contribution >= 0.6 is 11.6 Å². The molecule has 3 aromatic carbocycles. The molecule has 0 unspecified atom stereocenters. The zero-order valence-corrected chi connectivity index (χ0v) is 19.0. The largest absolute Gasteiger partial charge is 0.435 e. The summed E-state index contributed by atoms with van der Waals surface area (Å²) in [6.07, 6.45) is 0. The molecule has 178 valence electrons. The summed E-state index contributed by atoms with van der Waals surface area (Å²) in [5.41, 5.74) is 3.27. The lowest BCUT2D eigenvalue weighted by atomic mass is 10.1. The van der Waals surface area contributed by atoms with E-state index in [2.05, 4.69) is 20.0 Å². The minimum atomic E-state index is -4.26. The predicted octanol–water partition coefficient (Wildman–Crippen LogP) is 5.49. The number of halogens is 3. The lowest BCUT2D eigenvalue weighted by Crippen LogP contribution is -2.15. The average molecular weight is 511 g/mol. The molecule has 0 aromatic heterocycles. The standard InChI is InChI=1S/C21H17ClF2N4O5S/c1-13(14-2-9-18(10-3-14)33-21(23)24)25-26-19-11-8-17(28(29)30)12-20(19)34(31,32)27-16-6-4-15(22)5-7-16/h2-12,21,26-27H,1H3/b25-13-. The normalized spacial score (nSPS) is 11.9. The Kier molecular flexibility index (Phi) is 7.64. The molecule has 0 atom stereocenters. The van der Waals surface area contributed by atoms with Gasteiger partial charge >= 0.3 is 6.61 Å². The fraction of sp³-hybridized carbons (Fsp3) is 0.0952. The molecule has 0 heterocycles. The molecule has 0 spiro atoms. The minimum Gasteiger partial charge on any atom is -0.435 e. The van der Waals surface area contributed by atoms with Crippen LogP contribution in [-0.2, 0) is 10.0 Å². The highest BCUT2D eigenvalue weighted by Gasteiger charge is 2.23. The number of hydrogen-bond donors (Lipinski definition) is 2. The van der Waals surface area contributed by atoms with E-state index < -0.39 is 32.1 Å². The molecule has 0 fully saturated rings. The first kappa shape index (κ1) is 24.9. The maximum atomic E-state index is 13.0. The summed E-state index contributed by atoms with van der Waals surface area (Å²) in [5, 5.41) is 15.7. The highest BCUT2D eigenvalue weighted by Crippen LogP contribution is 2.29. The second-order valence-electron chi connectivity index (χ2n) is 6.76. The van der Waals surface area contributed by atoms with Crippen molar-refractivity contribution in [3.8, 4) is 5.75 Å². The number of ether oxygens (including phenoxy) is 1. The fourth-order valence-corrected chi connectivity index (χ4v) is 4.11. The van der Waals surface area contributed by atoms with Crippen LogP contribution in [0.5, 0.6) is 5.75 Å². The van der Waals surface area contributed by atoms with E-state index in [9.17, 15) is 27.3 Å². The van der Waals surface area contributed by atoms with E-state index in [0.29, 0.717) is 16.3 Å². The summed E-state index contributed by atoms with van der Waals surface area (Å²) in [6.45, 7) is -1.35. The molecule has 0 radical (unpaired) electrons. The van der Waals surface area contributed by atoms with Gasteiger partial charge in [-0.1, -0.05) is 11.6 Å². The van der Waals surface area contributed by atoms with Gasteiger partial charge in [0.15, 0.2) is 0 Å². The van der Waals surface area contributed by atoms with Gasteiger partial charge in [-0.05, 0) is 67.1 Å². The quantitative estimate of drug-likeness (QED) is 0.223. The Morgan fingerprint density at radius 1 is 1.09 bits per heavy atom. The Morgan fingerprint density at radius 2 is 1.74 bits per heavy atom. The highest BCUT2D eigenvalue weighted by molar-refractivity contribution is 7.92.